The normalized spacial score (nSPS) is 21.6. The van der Waals surface area contributed by atoms with E-state index < -0.39 is 0 Å². The summed E-state index contributed by atoms with van der Waals surface area (Å²) >= 11 is 0. The highest BCUT2D eigenvalue weighted by atomic mass is 16.1. The van der Waals surface area contributed by atoms with Crippen LogP contribution in [0.2, 0.25) is 0 Å². The maximum absolute atomic E-state index is 12.8. The average Bonchev–Trinajstić information content (AvgIpc) is 3.28. The number of rotatable bonds is 21. The van der Waals surface area contributed by atoms with Crippen LogP contribution in [0.4, 0.5) is 0 Å². The number of allylic oxidation sites excluding steroid dienone is 10. The lowest BCUT2D eigenvalue weighted by atomic mass is 9.77. The Labute approximate surface area is 375 Å². The Morgan fingerprint density at radius 2 is 1.43 bits per heavy atom. The Morgan fingerprint density at radius 3 is 2.00 bits per heavy atom. The molecule has 2 saturated carbocycles. The zero-order valence-electron chi connectivity index (χ0n) is 42.1. The molecule has 3 aliphatic rings. The molecule has 1 aliphatic heterocycles. The molecule has 3 nitrogen and oxygen atoms in total. The highest BCUT2D eigenvalue weighted by molar-refractivity contribution is 5.81. The summed E-state index contributed by atoms with van der Waals surface area (Å²) in [6.07, 6.45) is 42.0. The zero-order chi connectivity index (χ0) is 45.7. The predicted molar refractivity (Wildman–Crippen MR) is 271 cm³/mol. The Kier molecular flexibility index (Phi) is 39.1. The molecule has 0 bridgehead atoms. The molecule has 2 aliphatic carbocycles. The molecule has 1 saturated heterocycles. The van der Waals surface area contributed by atoms with E-state index in [4.69, 9.17) is 0 Å². The van der Waals surface area contributed by atoms with Crippen molar-refractivity contribution in [3.05, 3.63) is 84.6 Å². The molecular weight excluding hydrogens is 731 g/mol. The summed E-state index contributed by atoms with van der Waals surface area (Å²) in [5.41, 5.74) is 4.89. The van der Waals surface area contributed by atoms with E-state index in [9.17, 15) is 9.59 Å². The van der Waals surface area contributed by atoms with Gasteiger partial charge in [-0.2, -0.15) is 0 Å². The summed E-state index contributed by atoms with van der Waals surface area (Å²) in [5, 5.41) is 0. The molecule has 1 heterocycles. The molecule has 0 amide bonds. The Hall–Kier alpha value is -2.52. The van der Waals surface area contributed by atoms with Crippen molar-refractivity contribution in [3.8, 4) is 0 Å². The molecule has 5 unspecified atom stereocenters. The van der Waals surface area contributed by atoms with Gasteiger partial charge < -0.3 is 0 Å². The Morgan fingerprint density at radius 1 is 0.800 bits per heavy atom. The molecule has 3 rings (SSSR count). The summed E-state index contributed by atoms with van der Waals surface area (Å²) < 4.78 is 0. The van der Waals surface area contributed by atoms with E-state index in [0.717, 1.165) is 55.8 Å². The topological polar surface area (TPSA) is 37.4 Å². The standard InChI is InChI=1S/C35H58O.C10H16O.C8H15N.2C2H6/c1-8-28(3)18-14-11-10-12-15-19-31(6)35(36)27-32(7)30(5)23-22-29(4)26-33(9-2)24-25-34-20-16-13-17-21-34;1-8-5-3-4-6-10(8)9(2)7-11;1-3-8-6-4-5-7-9(8)2;2*1-2/h10-12,14,18,23,31-34H,4,8-9,13,15-17,19-22,24-27H2,1-3,5-7H3;7-8,10H,2-6H2,1H3;3,8H,1,4-7H2,2H3;2*1-2H3/b12-10+,14-11+,28-18+,30-23+;;;;/t31?,32?,33-;;;;/m1..../s1. The van der Waals surface area contributed by atoms with E-state index in [0.29, 0.717) is 36.0 Å². The largest absolute Gasteiger partial charge is 0.300 e. The van der Waals surface area contributed by atoms with E-state index in [1.807, 2.05) is 27.7 Å². The van der Waals surface area contributed by atoms with Crippen LogP contribution in [0.1, 0.15) is 211 Å². The average molecular weight is 832 g/mol. The summed E-state index contributed by atoms with van der Waals surface area (Å²) in [7, 11) is 2.17. The second-order valence-corrected chi connectivity index (χ2v) is 18.0. The third-order valence-corrected chi connectivity index (χ3v) is 13.3. The third kappa shape index (κ3) is 28.9. The first-order valence-corrected chi connectivity index (χ1v) is 25.2. The van der Waals surface area contributed by atoms with Crippen LogP contribution in [0, 0.1) is 35.5 Å². The van der Waals surface area contributed by atoms with Gasteiger partial charge >= 0.3 is 0 Å². The number of hydrogen-bond donors (Lipinski definition) is 0. The summed E-state index contributed by atoms with van der Waals surface area (Å²) in [6, 6.07) is 0.652. The first kappa shape index (κ1) is 59.6. The van der Waals surface area contributed by atoms with Crippen molar-refractivity contribution in [1.82, 2.24) is 4.90 Å². The molecular formula is C57H101NO2. The second kappa shape index (κ2) is 39.3. The van der Waals surface area contributed by atoms with Crippen molar-refractivity contribution in [1.29, 1.82) is 0 Å². The molecule has 346 valence electrons. The quantitative estimate of drug-likeness (QED) is 0.0500. The van der Waals surface area contributed by atoms with Gasteiger partial charge in [0.05, 0.1) is 0 Å². The third-order valence-electron chi connectivity index (χ3n) is 13.3. The van der Waals surface area contributed by atoms with Crippen LogP contribution in [0.3, 0.4) is 0 Å². The minimum Gasteiger partial charge on any atom is -0.300 e. The van der Waals surface area contributed by atoms with Crippen LogP contribution in [-0.4, -0.2) is 36.6 Å². The van der Waals surface area contributed by atoms with Gasteiger partial charge in [-0.05, 0) is 120 Å². The second-order valence-electron chi connectivity index (χ2n) is 18.0. The van der Waals surface area contributed by atoms with Crippen molar-refractivity contribution in [2.24, 2.45) is 35.5 Å². The lowest BCUT2D eigenvalue weighted by molar-refractivity contribution is -0.123. The minimum absolute atomic E-state index is 0.126. The molecule has 3 heteroatoms. The van der Waals surface area contributed by atoms with Gasteiger partial charge in [-0.15, -0.1) is 6.58 Å². The molecule has 0 N–H and O–H groups in total. The molecule has 0 aromatic heterocycles. The van der Waals surface area contributed by atoms with Gasteiger partial charge in [0.15, 0.2) is 0 Å². The Bertz CT molecular complexity index is 1240. The maximum atomic E-state index is 12.8. The van der Waals surface area contributed by atoms with Gasteiger partial charge in [0.2, 0.25) is 0 Å². The van der Waals surface area contributed by atoms with E-state index in [2.05, 4.69) is 123 Å². The van der Waals surface area contributed by atoms with Gasteiger partial charge in [-0.25, -0.2) is 0 Å². The van der Waals surface area contributed by atoms with Crippen molar-refractivity contribution in [2.75, 3.05) is 13.6 Å². The number of nitrogens with zero attached hydrogens (tertiary/aromatic N) is 1. The fourth-order valence-corrected chi connectivity index (χ4v) is 8.50. The summed E-state index contributed by atoms with van der Waals surface area (Å²) in [4.78, 5) is 25.6. The van der Waals surface area contributed by atoms with Gasteiger partial charge in [-0.1, -0.05) is 205 Å². The Balaban J connectivity index is 0. The molecule has 0 aromatic rings. The lowest BCUT2D eigenvalue weighted by Crippen LogP contribution is -2.34. The number of carbonyl (C=O) groups is 2. The maximum Gasteiger partial charge on any atom is 0.145 e. The highest BCUT2D eigenvalue weighted by Gasteiger charge is 2.23. The van der Waals surface area contributed by atoms with Crippen LogP contribution < -0.4 is 0 Å². The van der Waals surface area contributed by atoms with Crippen molar-refractivity contribution >= 4 is 12.1 Å². The number of piperidine rings is 1. The number of carbonyl (C=O) groups excluding carboxylic acids is 2. The van der Waals surface area contributed by atoms with Gasteiger partial charge in [-0.3, -0.25) is 14.5 Å². The summed E-state index contributed by atoms with van der Waals surface area (Å²) in [6.45, 7) is 36.6. The van der Waals surface area contributed by atoms with Crippen LogP contribution in [0.15, 0.2) is 84.6 Å². The molecule has 0 spiro atoms. The fourth-order valence-electron chi connectivity index (χ4n) is 8.50. The first-order chi connectivity index (χ1) is 28.9. The number of ketones is 1. The zero-order valence-corrected chi connectivity index (χ0v) is 42.1. The van der Waals surface area contributed by atoms with Crippen molar-refractivity contribution < 1.29 is 9.59 Å². The molecule has 3 fully saturated rings. The number of likely N-dealkylation sites (N-methyl/N-ethyl adjacent to an activating group) is 1. The smallest absolute Gasteiger partial charge is 0.145 e. The number of aldehydes is 1. The van der Waals surface area contributed by atoms with Gasteiger partial charge in [0.25, 0.3) is 0 Å². The van der Waals surface area contributed by atoms with Crippen molar-refractivity contribution in [3.63, 3.8) is 0 Å². The molecule has 60 heavy (non-hydrogen) atoms. The van der Waals surface area contributed by atoms with E-state index >= 15 is 0 Å². The number of Topliss-reactive ketones (excluding diaryl/α,β-unsaturated/α-hetero) is 1. The van der Waals surface area contributed by atoms with Crippen LogP contribution in [0.25, 0.3) is 0 Å². The molecule has 6 atom stereocenters. The van der Waals surface area contributed by atoms with E-state index in [1.54, 1.807) is 0 Å². The minimum atomic E-state index is 0.126. The SMILES string of the molecule is C=C(C/C=C(\C)C(C)CC(=O)C(C)CC/C=C/C=C/C=C(\C)CC)C[C@H](CC)CCC1CCCCC1.C=C(C=O)C1CCCCC1C.C=CC1CCCCN1C.CC.CC. The lowest BCUT2D eigenvalue weighted by Gasteiger charge is -2.29. The fraction of sp³-hybridized carbons (Fsp3) is 0.719. The van der Waals surface area contributed by atoms with Crippen LogP contribution in [0.5, 0.6) is 0 Å². The number of likely N-dealkylation sites (tertiary alicyclic amines) is 1. The molecule has 0 aromatic carbocycles. The summed E-state index contributed by atoms with van der Waals surface area (Å²) in [5.74, 6) is 3.74. The van der Waals surface area contributed by atoms with Crippen LogP contribution >= 0.6 is 0 Å². The van der Waals surface area contributed by atoms with Crippen molar-refractivity contribution in [2.45, 2.75) is 217 Å². The van der Waals surface area contributed by atoms with Crippen LogP contribution in [-0.2, 0) is 9.59 Å². The van der Waals surface area contributed by atoms with Gasteiger partial charge in [0.1, 0.15) is 12.1 Å². The highest BCUT2D eigenvalue weighted by Crippen LogP contribution is 2.33. The molecule has 0 radical (unpaired) electrons. The number of hydrogen-bond acceptors (Lipinski definition) is 3. The first-order valence-electron chi connectivity index (χ1n) is 25.2. The van der Waals surface area contributed by atoms with E-state index in [1.165, 1.54) is 120 Å². The van der Waals surface area contributed by atoms with E-state index in [-0.39, 0.29) is 5.92 Å². The van der Waals surface area contributed by atoms with Gasteiger partial charge in [0, 0.05) is 18.4 Å². The monoisotopic (exact) mass is 832 g/mol. The predicted octanol–water partition coefficient (Wildman–Crippen LogP) is 17.4.